The van der Waals surface area contributed by atoms with Gasteiger partial charge in [-0.05, 0) is 76.0 Å². The predicted molar refractivity (Wildman–Crippen MR) is 125 cm³/mol. The number of aliphatic hydroxyl groups is 1. The second-order valence-electron chi connectivity index (χ2n) is 11.1. The van der Waals surface area contributed by atoms with Crippen LogP contribution in [0, 0.1) is 5.92 Å². The van der Waals surface area contributed by atoms with Crippen LogP contribution in [0.3, 0.4) is 0 Å². The Morgan fingerprint density at radius 3 is 2.88 bits per heavy atom. The molecule has 6 heteroatoms. The van der Waals surface area contributed by atoms with Gasteiger partial charge in [0.05, 0.1) is 17.1 Å². The van der Waals surface area contributed by atoms with Crippen molar-refractivity contribution in [3.05, 3.63) is 34.9 Å². The van der Waals surface area contributed by atoms with Gasteiger partial charge in [-0.3, -0.25) is 9.69 Å². The van der Waals surface area contributed by atoms with Crippen molar-refractivity contribution in [2.45, 2.75) is 94.4 Å². The molecule has 33 heavy (non-hydrogen) atoms. The van der Waals surface area contributed by atoms with Crippen molar-refractivity contribution < 1.29 is 19.7 Å². The first kappa shape index (κ1) is 21.5. The summed E-state index contributed by atoms with van der Waals surface area (Å²) in [5, 5.41) is 26.4. The second kappa shape index (κ2) is 7.47. The Morgan fingerprint density at radius 2 is 2.12 bits per heavy atom. The minimum Gasteiger partial charge on any atom is -0.504 e. The van der Waals surface area contributed by atoms with Crippen molar-refractivity contribution in [1.29, 1.82) is 0 Å². The SMILES string of the molecule is CCC/C=C(\C)C(=O)N[C@H]1CC[C@@]2(O)[C@H]3Cc4ccc(O)c5c4[C@@]2(CCN3CC2CC2)[C@H]1O5. The van der Waals surface area contributed by atoms with Gasteiger partial charge in [0, 0.05) is 23.7 Å². The number of amides is 1. The molecule has 3 fully saturated rings. The number of rotatable bonds is 6. The molecule has 0 aromatic heterocycles. The Morgan fingerprint density at radius 1 is 1.30 bits per heavy atom. The lowest BCUT2D eigenvalue weighted by atomic mass is 9.48. The molecular weight excluding hydrogens is 416 g/mol. The number of allylic oxidation sites excluding steroid dienone is 1. The number of hydrogen-bond acceptors (Lipinski definition) is 5. The van der Waals surface area contributed by atoms with Crippen LogP contribution in [0.2, 0.25) is 0 Å². The molecule has 0 radical (unpaired) electrons. The van der Waals surface area contributed by atoms with Crippen LogP contribution in [0.4, 0.5) is 0 Å². The van der Waals surface area contributed by atoms with Crippen LogP contribution in [0.25, 0.3) is 0 Å². The number of phenols is 1. The van der Waals surface area contributed by atoms with Gasteiger partial charge < -0.3 is 20.3 Å². The van der Waals surface area contributed by atoms with Gasteiger partial charge in [0.2, 0.25) is 5.91 Å². The first-order valence-corrected chi connectivity index (χ1v) is 12.8. The lowest BCUT2D eigenvalue weighted by molar-refractivity contribution is -0.192. The number of hydrogen-bond donors (Lipinski definition) is 3. The Labute approximate surface area is 196 Å². The monoisotopic (exact) mass is 452 g/mol. The zero-order valence-electron chi connectivity index (χ0n) is 19.8. The lowest BCUT2D eigenvalue weighted by Crippen LogP contribution is -2.78. The predicted octanol–water partition coefficient (Wildman–Crippen LogP) is 3.19. The third-order valence-corrected chi connectivity index (χ3v) is 9.18. The van der Waals surface area contributed by atoms with E-state index in [4.69, 9.17) is 4.74 Å². The number of likely N-dealkylation sites (tertiary alicyclic amines) is 1. The maximum absolute atomic E-state index is 13.0. The van der Waals surface area contributed by atoms with Gasteiger partial charge in [0.1, 0.15) is 6.10 Å². The van der Waals surface area contributed by atoms with E-state index in [1.165, 1.54) is 18.4 Å². The molecule has 178 valence electrons. The van der Waals surface area contributed by atoms with Crippen LogP contribution in [-0.2, 0) is 16.6 Å². The summed E-state index contributed by atoms with van der Waals surface area (Å²) in [5.74, 6) is 1.38. The molecule has 2 aliphatic heterocycles. The Kier molecular flexibility index (Phi) is 4.87. The van der Waals surface area contributed by atoms with Gasteiger partial charge in [-0.15, -0.1) is 0 Å². The molecule has 0 unspecified atom stereocenters. The van der Waals surface area contributed by atoms with Crippen molar-refractivity contribution in [3.63, 3.8) is 0 Å². The van der Waals surface area contributed by atoms with Gasteiger partial charge in [0.15, 0.2) is 11.5 Å². The molecule has 1 aromatic carbocycles. The summed E-state index contributed by atoms with van der Waals surface area (Å²) in [7, 11) is 0. The number of benzene rings is 1. The van der Waals surface area contributed by atoms with E-state index in [1.54, 1.807) is 6.07 Å². The number of carbonyl (C=O) groups excluding carboxylic acids is 1. The summed E-state index contributed by atoms with van der Waals surface area (Å²) in [6.45, 7) is 5.96. The molecule has 1 aromatic rings. The summed E-state index contributed by atoms with van der Waals surface area (Å²) >= 11 is 0. The minimum absolute atomic E-state index is 0.0576. The molecule has 1 spiro atoms. The molecule has 2 bridgehead atoms. The smallest absolute Gasteiger partial charge is 0.246 e. The van der Waals surface area contributed by atoms with E-state index >= 15 is 0 Å². The largest absolute Gasteiger partial charge is 0.504 e. The molecule has 1 saturated heterocycles. The van der Waals surface area contributed by atoms with Crippen LogP contribution in [-0.4, -0.2) is 57.9 Å². The molecule has 6 nitrogen and oxygen atoms in total. The van der Waals surface area contributed by atoms with Gasteiger partial charge in [-0.25, -0.2) is 0 Å². The highest BCUT2D eigenvalue weighted by atomic mass is 16.5. The first-order valence-electron chi connectivity index (χ1n) is 12.8. The average molecular weight is 453 g/mol. The highest BCUT2D eigenvalue weighted by Crippen LogP contribution is 2.65. The van der Waals surface area contributed by atoms with Crippen LogP contribution < -0.4 is 10.1 Å². The van der Waals surface area contributed by atoms with Gasteiger partial charge in [-0.1, -0.05) is 25.5 Å². The van der Waals surface area contributed by atoms with Crippen molar-refractivity contribution in [2.24, 2.45) is 5.92 Å². The molecule has 2 heterocycles. The van der Waals surface area contributed by atoms with Crippen molar-refractivity contribution in [3.8, 4) is 11.5 Å². The fraction of sp³-hybridized carbons (Fsp3) is 0.667. The van der Waals surface area contributed by atoms with Crippen molar-refractivity contribution in [2.75, 3.05) is 13.1 Å². The van der Waals surface area contributed by atoms with E-state index in [0.717, 1.165) is 55.8 Å². The topological polar surface area (TPSA) is 82.0 Å². The third kappa shape index (κ3) is 2.96. The third-order valence-electron chi connectivity index (χ3n) is 9.18. The van der Waals surface area contributed by atoms with E-state index in [-0.39, 0.29) is 29.8 Å². The number of unbranched alkanes of at least 4 members (excludes halogenated alkanes) is 1. The normalized spacial score (nSPS) is 36.8. The number of aromatic hydroxyl groups is 1. The molecule has 5 aliphatic rings. The van der Waals surface area contributed by atoms with Gasteiger partial charge >= 0.3 is 0 Å². The Balaban J connectivity index is 1.39. The van der Waals surface area contributed by atoms with Crippen LogP contribution in [0.1, 0.15) is 69.9 Å². The van der Waals surface area contributed by atoms with Crippen molar-refractivity contribution in [1.82, 2.24) is 10.2 Å². The number of nitrogens with one attached hydrogen (secondary N) is 1. The number of phenolic OH excluding ortho intramolecular Hbond substituents is 1. The second-order valence-corrected chi connectivity index (χ2v) is 11.1. The minimum atomic E-state index is -0.912. The fourth-order valence-electron chi connectivity index (χ4n) is 7.37. The summed E-state index contributed by atoms with van der Waals surface area (Å²) in [6.07, 6.45) is 9.00. The number of carbonyl (C=O) groups is 1. The quantitative estimate of drug-likeness (QED) is 0.578. The molecule has 3 aliphatic carbocycles. The zero-order valence-corrected chi connectivity index (χ0v) is 19.8. The fourth-order valence-corrected chi connectivity index (χ4v) is 7.37. The Hall–Kier alpha value is -2.05. The molecule has 6 rings (SSSR count). The summed E-state index contributed by atoms with van der Waals surface area (Å²) < 4.78 is 6.51. The average Bonchev–Trinajstić information content (AvgIpc) is 3.54. The van der Waals surface area contributed by atoms with E-state index in [0.29, 0.717) is 18.6 Å². The van der Waals surface area contributed by atoms with Crippen LogP contribution >= 0.6 is 0 Å². The van der Waals surface area contributed by atoms with E-state index in [9.17, 15) is 15.0 Å². The molecule has 1 amide bonds. The van der Waals surface area contributed by atoms with Crippen LogP contribution in [0.5, 0.6) is 11.5 Å². The molecule has 3 N–H and O–H groups in total. The summed E-state index contributed by atoms with van der Waals surface area (Å²) in [6, 6.07) is 3.62. The summed E-state index contributed by atoms with van der Waals surface area (Å²) in [4.78, 5) is 15.5. The summed E-state index contributed by atoms with van der Waals surface area (Å²) in [5.41, 5.74) is 1.43. The molecule has 2 saturated carbocycles. The zero-order chi connectivity index (χ0) is 23.0. The van der Waals surface area contributed by atoms with Gasteiger partial charge in [0.25, 0.3) is 0 Å². The van der Waals surface area contributed by atoms with Gasteiger partial charge in [-0.2, -0.15) is 0 Å². The van der Waals surface area contributed by atoms with Crippen LogP contribution in [0.15, 0.2) is 23.8 Å². The Bertz CT molecular complexity index is 1020. The standard InChI is InChI=1S/C27H36N2O4/c1-3-4-5-16(2)25(31)28-19-10-11-27(32)21-14-18-8-9-20(30)23-22(18)26(27,24(19)33-23)12-13-29(21)15-17-6-7-17/h5,8-9,17,19,21,24,30,32H,3-4,6-7,10-15H2,1-2H3,(H,28,31)/b16-5+/t19-,21+,24-,26-,27+/m0/s1. The first-order chi connectivity index (χ1) is 15.9. The number of nitrogens with zero attached hydrogens (tertiary/aromatic N) is 1. The molecule has 5 atom stereocenters. The molecular formula is C27H36N2O4. The van der Waals surface area contributed by atoms with Crippen molar-refractivity contribution >= 4 is 5.91 Å². The number of piperidine rings is 1. The van der Waals surface area contributed by atoms with E-state index < -0.39 is 11.0 Å². The maximum atomic E-state index is 13.0. The highest BCUT2D eigenvalue weighted by Gasteiger charge is 2.73. The lowest BCUT2D eigenvalue weighted by Gasteiger charge is -2.64. The maximum Gasteiger partial charge on any atom is 0.246 e. The highest BCUT2D eigenvalue weighted by molar-refractivity contribution is 5.93. The van der Waals surface area contributed by atoms with E-state index in [2.05, 4.69) is 17.1 Å². The number of ether oxygens (including phenoxy) is 1. The van der Waals surface area contributed by atoms with E-state index in [1.807, 2.05) is 19.1 Å².